The van der Waals surface area contributed by atoms with E-state index < -0.39 is 0 Å². The van der Waals surface area contributed by atoms with Crippen LogP contribution in [0.2, 0.25) is 0 Å². The van der Waals surface area contributed by atoms with Crippen LogP contribution in [0.15, 0.2) is 12.1 Å². The number of halogens is 2. The largest absolute Gasteiger partial charge is 0.493 e. The van der Waals surface area contributed by atoms with Crippen LogP contribution in [0.3, 0.4) is 0 Å². The van der Waals surface area contributed by atoms with Gasteiger partial charge in [-0.3, -0.25) is 0 Å². The molecule has 5 nitrogen and oxygen atoms in total. The highest BCUT2D eigenvalue weighted by Gasteiger charge is 2.12. The second-order valence-electron chi connectivity index (χ2n) is 4.17. The summed E-state index contributed by atoms with van der Waals surface area (Å²) in [5, 5.41) is 6.51. The van der Waals surface area contributed by atoms with Crippen molar-refractivity contribution in [1.29, 1.82) is 0 Å². The molecular weight excluding hydrogens is 315 g/mol. The van der Waals surface area contributed by atoms with Gasteiger partial charge in [-0.1, -0.05) is 0 Å². The first-order valence-electron chi connectivity index (χ1n) is 6.41. The molecule has 0 unspecified atom stereocenters. The first-order chi connectivity index (χ1) is 9.26. The SMILES string of the molecule is CNCCCNCc1cc(OC)c(OC)c(OC)c1.Cl.Cl. The lowest BCUT2D eigenvalue weighted by atomic mass is 10.1. The van der Waals surface area contributed by atoms with Crippen LogP contribution < -0.4 is 24.8 Å². The lowest BCUT2D eigenvalue weighted by Crippen LogP contribution is -2.19. The van der Waals surface area contributed by atoms with E-state index in [1.54, 1.807) is 21.3 Å². The topological polar surface area (TPSA) is 51.8 Å². The van der Waals surface area contributed by atoms with Crippen LogP contribution in [0.4, 0.5) is 0 Å². The Labute approximate surface area is 139 Å². The average Bonchev–Trinajstić information content (AvgIpc) is 2.45. The fraction of sp³-hybridized carbons (Fsp3) is 0.571. The first-order valence-corrected chi connectivity index (χ1v) is 6.41. The standard InChI is InChI=1S/C14H24N2O3.2ClH/c1-15-6-5-7-16-10-11-8-12(17-2)14(19-4)13(9-11)18-3;;/h8-9,15-16H,5-7,10H2,1-4H3;2*1H. The van der Waals surface area contributed by atoms with E-state index in [1.165, 1.54) is 0 Å². The Morgan fingerprint density at radius 3 is 1.90 bits per heavy atom. The predicted octanol–water partition coefficient (Wildman–Crippen LogP) is 2.26. The van der Waals surface area contributed by atoms with E-state index in [0.29, 0.717) is 17.2 Å². The van der Waals surface area contributed by atoms with E-state index in [9.17, 15) is 0 Å². The number of rotatable bonds is 9. The van der Waals surface area contributed by atoms with Gasteiger partial charge in [0, 0.05) is 6.54 Å². The third-order valence-electron chi connectivity index (χ3n) is 2.83. The van der Waals surface area contributed by atoms with E-state index in [1.807, 2.05) is 19.2 Å². The molecule has 0 spiro atoms. The zero-order valence-electron chi connectivity index (χ0n) is 13.0. The number of methoxy groups -OCH3 is 3. The van der Waals surface area contributed by atoms with Gasteiger partial charge < -0.3 is 24.8 Å². The summed E-state index contributed by atoms with van der Waals surface area (Å²) in [6.07, 6.45) is 1.10. The summed E-state index contributed by atoms with van der Waals surface area (Å²) in [7, 11) is 6.82. The van der Waals surface area contributed by atoms with Gasteiger partial charge >= 0.3 is 0 Å². The quantitative estimate of drug-likeness (QED) is 0.675. The molecule has 0 aliphatic heterocycles. The lowest BCUT2D eigenvalue weighted by molar-refractivity contribution is 0.323. The second kappa shape index (κ2) is 12.8. The van der Waals surface area contributed by atoms with Gasteiger partial charge in [-0.15, -0.1) is 24.8 Å². The van der Waals surface area contributed by atoms with E-state index in [0.717, 1.165) is 31.6 Å². The van der Waals surface area contributed by atoms with Crippen LogP contribution in [-0.4, -0.2) is 41.5 Å². The summed E-state index contributed by atoms with van der Waals surface area (Å²) in [4.78, 5) is 0. The van der Waals surface area contributed by atoms with Crippen molar-refractivity contribution < 1.29 is 14.2 Å². The van der Waals surface area contributed by atoms with Gasteiger partial charge in [-0.05, 0) is 44.3 Å². The predicted molar refractivity (Wildman–Crippen MR) is 90.8 cm³/mol. The van der Waals surface area contributed by atoms with Crippen LogP contribution in [0.25, 0.3) is 0 Å². The second-order valence-corrected chi connectivity index (χ2v) is 4.17. The summed E-state index contributed by atoms with van der Waals surface area (Å²) in [5.41, 5.74) is 1.11. The molecule has 0 bridgehead atoms. The molecule has 21 heavy (non-hydrogen) atoms. The number of nitrogens with one attached hydrogen (secondary N) is 2. The zero-order valence-corrected chi connectivity index (χ0v) is 14.7. The van der Waals surface area contributed by atoms with Crippen molar-refractivity contribution in [3.05, 3.63) is 17.7 Å². The molecule has 1 rings (SSSR count). The van der Waals surface area contributed by atoms with Crippen LogP contribution in [0.5, 0.6) is 17.2 Å². The first kappa shape index (κ1) is 22.4. The van der Waals surface area contributed by atoms with Crippen LogP contribution in [-0.2, 0) is 6.54 Å². The van der Waals surface area contributed by atoms with E-state index in [-0.39, 0.29) is 24.8 Å². The highest BCUT2D eigenvalue weighted by molar-refractivity contribution is 5.85. The Bertz CT molecular complexity index is 367. The molecule has 0 radical (unpaired) electrons. The Balaban J connectivity index is 0. The maximum absolute atomic E-state index is 5.32. The Morgan fingerprint density at radius 1 is 0.905 bits per heavy atom. The fourth-order valence-corrected chi connectivity index (χ4v) is 1.86. The molecule has 0 fully saturated rings. The van der Waals surface area contributed by atoms with Crippen LogP contribution in [0, 0.1) is 0 Å². The molecule has 124 valence electrons. The molecule has 0 aliphatic rings. The van der Waals surface area contributed by atoms with Gasteiger partial charge in [0.05, 0.1) is 21.3 Å². The molecule has 0 amide bonds. The molecule has 0 heterocycles. The fourth-order valence-electron chi connectivity index (χ4n) is 1.86. The molecule has 7 heteroatoms. The number of hydrogen-bond acceptors (Lipinski definition) is 5. The minimum absolute atomic E-state index is 0. The number of hydrogen-bond donors (Lipinski definition) is 2. The summed E-state index contributed by atoms with van der Waals surface area (Å²) in [5.74, 6) is 2.01. The Morgan fingerprint density at radius 2 is 1.48 bits per heavy atom. The van der Waals surface area contributed by atoms with Crippen molar-refractivity contribution in [2.75, 3.05) is 41.5 Å². The molecule has 1 aromatic carbocycles. The lowest BCUT2D eigenvalue weighted by Gasteiger charge is -2.14. The van der Waals surface area contributed by atoms with Crippen molar-refractivity contribution in [3.8, 4) is 17.2 Å². The third kappa shape index (κ3) is 7.09. The highest BCUT2D eigenvalue weighted by Crippen LogP contribution is 2.38. The van der Waals surface area contributed by atoms with Crippen molar-refractivity contribution in [2.24, 2.45) is 0 Å². The highest BCUT2D eigenvalue weighted by atomic mass is 35.5. The smallest absolute Gasteiger partial charge is 0.203 e. The van der Waals surface area contributed by atoms with E-state index in [4.69, 9.17) is 14.2 Å². The molecule has 0 saturated carbocycles. The normalized spacial score (nSPS) is 9.33. The van der Waals surface area contributed by atoms with Crippen LogP contribution in [0.1, 0.15) is 12.0 Å². The van der Waals surface area contributed by atoms with Crippen molar-refractivity contribution >= 4 is 24.8 Å². The average molecular weight is 341 g/mol. The maximum Gasteiger partial charge on any atom is 0.203 e. The Hall–Kier alpha value is -0.880. The molecule has 2 N–H and O–H groups in total. The van der Waals surface area contributed by atoms with Gasteiger partial charge in [-0.25, -0.2) is 0 Å². The molecule has 0 aromatic heterocycles. The van der Waals surface area contributed by atoms with E-state index in [2.05, 4.69) is 10.6 Å². The zero-order chi connectivity index (χ0) is 14.1. The van der Waals surface area contributed by atoms with E-state index >= 15 is 0 Å². The van der Waals surface area contributed by atoms with Crippen LogP contribution >= 0.6 is 24.8 Å². The monoisotopic (exact) mass is 340 g/mol. The van der Waals surface area contributed by atoms with Gasteiger partial charge in [0.25, 0.3) is 0 Å². The maximum atomic E-state index is 5.32. The van der Waals surface area contributed by atoms with Gasteiger partial charge in [-0.2, -0.15) is 0 Å². The molecule has 0 saturated heterocycles. The van der Waals surface area contributed by atoms with Gasteiger partial charge in [0.15, 0.2) is 11.5 Å². The summed E-state index contributed by atoms with van der Waals surface area (Å²) >= 11 is 0. The molecule has 0 atom stereocenters. The summed E-state index contributed by atoms with van der Waals surface area (Å²) in [6.45, 7) is 2.76. The molecule has 1 aromatic rings. The van der Waals surface area contributed by atoms with Crippen molar-refractivity contribution in [3.63, 3.8) is 0 Å². The minimum Gasteiger partial charge on any atom is -0.493 e. The number of benzene rings is 1. The Kier molecular flexibility index (Phi) is 13.7. The summed E-state index contributed by atoms with van der Waals surface area (Å²) in [6, 6.07) is 3.93. The van der Waals surface area contributed by atoms with Crippen molar-refractivity contribution in [2.45, 2.75) is 13.0 Å². The number of ether oxygens (including phenoxy) is 3. The van der Waals surface area contributed by atoms with Gasteiger partial charge in [0.2, 0.25) is 5.75 Å². The molecule has 0 aliphatic carbocycles. The van der Waals surface area contributed by atoms with Gasteiger partial charge in [0.1, 0.15) is 0 Å². The minimum atomic E-state index is 0. The summed E-state index contributed by atoms with van der Waals surface area (Å²) < 4.78 is 15.9. The van der Waals surface area contributed by atoms with Crippen molar-refractivity contribution in [1.82, 2.24) is 10.6 Å². The third-order valence-corrected chi connectivity index (χ3v) is 2.83. The molecular formula is C14H26Cl2N2O3.